The van der Waals surface area contributed by atoms with E-state index in [1.54, 1.807) is 18.2 Å². The van der Waals surface area contributed by atoms with E-state index in [-0.39, 0.29) is 18.1 Å². The zero-order valence-electron chi connectivity index (χ0n) is 10.4. The number of benzene rings is 1. The molecule has 0 radical (unpaired) electrons. The maximum Gasteiger partial charge on any atom is 0.326 e. The lowest BCUT2D eigenvalue weighted by atomic mass is 10.1. The van der Waals surface area contributed by atoms with Crippen molar-refractivity contribution >= 4 is 5.91 Å². The van der Waals surface area contributed by atoms with Crippen LogP contribution in [0.4, 0.5) is 4.39 Å². The number of aromatic amines is 2. The molecule has 2 rings (SSSR count). The van der Waals surface area contributed by atoms with E-state index in [0.717, 1.165) is 6.07 Å². The lowest BCUT2D eigenvalue weighted by molar-refractivity contribution is 0.0948. The minimum atomic E-state index is -0.753. The molecular formula is C13H12FN3O3. The maximum atomic E-state index is 13.3. The number of nitrogens with one attached hydrogen (secondary N) is 3. The molecule has 0 saturated carbocycles. The molecule has 1 heterocycles. The number of carbonyl (C=O) groups excluding carboxylic acids is 1. The van der Waals surface area contributed by atoms with Crippen molar-refractivity contribution in [1.82, 2.24) is 15.3 Å². The molecule has 0 atom stereocenters. The van der Waals surface area contributed by atoms with Crippen LogP contribution in [0.1, 0.15) is 16.1 Å². The van der Waals surface area contributed by atoms with Crippen molar-refractivity contribution in [3.8, 4) is 0 Å². The summed E-state index contributed by atoms with van der Waals surface area (Å²) in [6.45, 7) is 0.189. The van der Waals surface area contributed by atoms with Gasteiger partial charge in [-0.2, -0.15) is 0 Å². The van der Waals surface area contributed by atoms with Crippen LogP contribution in [0.25, 0.3) is 0 Å². The molecule has 1 aromatic carbocycles. The summed E-state index contributed by atoms with van der Waals surface area (Å²) in [5, 5.41) is 2.50. The Hall–Kier alpha value is -2.70. The van der Waals surface area contributed by atoms with Crippen molar-refractivity contribution in [3.63, 3.8) is 0 Å². The van der Waals surface area contributed by atoms with Crippen LogP contribution in [0.5, 0.6) is 0 Å². The van der Waals surface area contributed by atoms with Gasteiger partial charge in [0, 0.05) is 12.6 Å². The van der Waals surface area contributed by atoms with E-state index < -0.39 is 17.2 Å². The van der Waals surface area contributed by atoms with Crippen LogP contribution >= 0.6 is 0 Å². The van der Waals surface area contributed by atoms with Crippen molar-refractivity contribution in [2.75, 3.05) is 6.54 Å². The molecule has 0 spiro atoms. The normalized spacial score (nSPS) is 10.2. The zero-order chi connectivity index (χ0) is 14.5. The third-order valence-electron chi connectivity index (χ3n) is 2.64. The van der Waals surface area contributed by atoms with E-state index in [2.05, 4.69) is 10.3 Å². The second kappa shape index (κ2) is 5.96. The molecule has 0 bridgehead atoms. The standard InChI is InChI=1S/C13H12FN3O3/c14-9-4-2-1-3-8(9)5-6-15-12(19)10-7-11(18)17-13(20)16-10/h1-4,7H,5-6H2,(H,15,19)(H2,16,17,18,20). The number of hydrogen-bond acceptors (Lipinski definition) is 3. The van der Waals surface area contributed by atoms with Crippen LogP contribution in [0.3, 0.4) is 0 Å². The average molecular weight is 277 g/mol. The van der Waals surface area contributed by atoms with Gasteiger partial charge in [-0.25, -0.2) is 9.18 Å². The summed E-state index contributed by atoms with van der Waals surface area (Å²) in [5.41, 5.74) is -1.07. The van der Waals surface area contributed by atoms with Gasteiger partial charge in [-0.1, -0.05) is 18.2 Å². The summed E-state index contributed by atoms with van der Waals surface area (Å²) in [4.78, 5) is 37.9. The lowest BCUT2D eigenvalue weighted by Gasteiger charge is -2.05. The molecule has 0 fully saturated rings. The monoisotopic (exact) mass is 277 g/mol. The van der Waals surface area contributed by atoms with Crippen LogP contribution < -0.4 is 16.6 Å². The largest absolute Gasteiger partial charge is 0.350 e. The van der Waals surface area contributed by atoms with Crippen LogP contribution in [0.2, 0.25) is 0 Å². The number of aromatic nitrogens is 2. The number of rotatable bonds is 4. The van der Waals surface area contributed by atoms with Crippen molar-refractivity contribution in [2.24, 2.45) is 0 Å². The summed E-state index contributed by atoms with van der Waals surface area (Å²) < 4.78 is 13.3. The summed E-state index contributed by atoms with van der Waals surface area (Å²) in [6.07, 6.45) is 0.311. The van der Waals surface area contributed by atoms with E-state index in [1.807, 2.05) is 4.98 Å². The second-order valence-corrected chi connectivity index (χ2v) is 4.10. The van der Waals surface area contributed by atoms with Gasteiger partial charge in [0.1, 0.15) is 11.5 Å². The Morgan fingerprint density at radius 3 is 2.65 bits per heavy atom. The Balaban J connectivity index is 1.97. The highest BCUT2D eigenvalue weighted by molar-refractivity contribution is 5.91. The first kappa shape index (κ1) is 13.7. The van der Waals surface area contributed by atoms with Gasteiger partial charge in [-0.15, -0.1) is 0 Å². The quantitative estimate of drug-likeness (QED) is 0.743. The molecule has 3 N–H and O–H groups in total. The lowest BCUT2D eigenvalue weighted by Crippen LogP contribution is -2.32. The molecule has 0 aliphatic heterocycles. The average Bonchev–Trinajstić information content (AvgIpc) is 2.39. The highest BCUT2D eigenvalue weighted by Gasteiger charge is 2.08. The smallest absolute Gasteiger partial charge is 0.326 e. The molecule has 104 valence electrons. The summed E-state index contributed by atoms with van der Waals surface area (Å²) in [5.74, 6) is -0.934. The van der Waals surface area contributed by atoms with E-state index in [4.69, 9.17) is 0 Å². The van der Waals surface area contributed by atoms with Crippen molar-refractivity contribution in [2.45, 2.75) is 6.42 Å². The Labute approximate surface area is 112 Å². The summed E-state index contributed by atoms with van der Waals surface area (Å²) in [6, 6.07) is 7.23. The van der Waals surface area contributed by atoms with Crippen molar-refractivity contribution in [1.29, 1.82) is 0 Å². The second-order valence-electron chi connectivity index (χ2n) is 4.10. The predicted molar refractivity (Wildman–Crippen MR) is 70.1 cm³/mol. The minimum absolute atomic E-state index is 0.132. The van der Waals surface area contributed by atoms with E-state index >= 15 is 0 Å². The highest BCUT2D eigenvalue weighted by Crippen LogP contribution is 2.06. The topological polar surface area (TPSA) is 94.8 Å². The summed E-state index contributed by atoms with van der Waals surface area (Å²) >= 11 is 0. The van der Waals surface area contributed by atoms with E-state index in [1.165, 1.54) is 6.07 Å². The van der Waals surface area contributed by atoms with Crippen LogP contribution in [-0.4, -0.2) is 22.4 Å². The molecule has 6 nitrogen and oxygen atoms in total. The highest BCUT2D eigenvalue weighted by atomic mass is 19.1. The molecule has 20 heavy (non-hydrogen) atoms. The van der Waals surface area contributed by atoms with Gasteiger partial charge in [-0.3, -0.25) is 14.6 Å². The Bertz CT molecular complexity index is 708. The molecule has 2 aromatic rings. The first-order chi connectivity index (χ1) is 9.56. The fourth-order valence-electron chi connectivity index (χ4n) is 1.70. The summed E-state index contributed by atoms with van der Waals surface area (Å²) in [7, 11) is 0. The van der Waals surface area contributed by atoms with Crippen LogP contribution in [-0.2, 0) is 6.42 Å². The molecular weight excluding hydrogens is 265 g/mol. The van der Waals surface area contributed by atoms with Crippen LogP contribution in [0.15, 0.2) is 39.9 Å². The zero-order valence-corrected chi connectivity index (χ0v) is 10.4. The molecule has 1 amide bonds. The SMILES string of the molecule is O=C(NCCc1ccccc1F)c1cc(=O)[nH]c(=O)[nH]1. The van der Waals surface area contributed by atoms with Gasteiger partial charge in [0.25, 0.3) is 11.5 Å². The number of amides is 1. The Morgan fingerprint density at radius 2 is 1.95 bits per heavy atom. The third-order valence-corrected chi connectivity index (χ3v) is 2.64. The van der Waals surface area contributed by atoms with E-state index in [9.17, 15) is 18.8 Å². The molecule has 0 saturated heterocycles. The first-order valence-corrected chi connectivity index (χ1v) is 5.91. The van der Waals surface area contributed by atoms with Crippen LogP contribution in [0, 0.1) is 5.82 Å². The van der Waals surface area contributed by atoms with Crippen molar-refractivity contribution < 1.29 is 9.18 Å². The van der Waals surface area contributed by atoms with Gasteiger partial charge < -0.3 is 10.3 Å². The van der Waals surface area contributed by atoms with Gasteiger partial charge in [-0.05, 0) is 18.1 Å². The van der Waals surface area contributed by atoms with Crippen molar-refractivity contribution in [3.05, 3.63) is 68.2 Å². The fourth-order valence-corrected chi connectivity index (χ4v) is 1.70. The molecule has 1 aromatic heterocycles. The minimum Gasteiger partial charge on any atom is -0.350 e. The third kappa shape index (κ3) is 3.41. The van der Waals surface area contributed by atoms with Gasteiger partial charge >= 0.3 is 5.69 Å². The molecule has 0 aliphatic carbocycles. The fraction of sp³-hybridized carbons (Fsp3) is 0.154. The molecule has 7 heteroatoms. The number of hydrogen-bond donors (Lipinski definition) is 3. The predicted octanol–water partition coefficient (Wildman–Crippen LogP) is 0.175. The maximum absolute atomic E-state index is 13.3. The molecule has 0 unspecified atom stereocenters. The Morgan fingerprint density at radius 1 is 1.20 bits per heavy atom. The first-order valence-electron chi connectivity index (χ1n) is 5.91. The van der Waals surface area contributed by atoms with Gasteiger partial charge in [0.15, 0.2) is 0 Å². The van der Waals surface area contributed by atoms with Gasteiger partial charge in [0.05, 0.1) is 0 Å². The van der Waals surface area contributed by atoms with Gasteiger partial charge in [0.2, 0.25) is 0 Å². The number of halogens is 1. The molecule has 0 aliphatic rings. The number of H-pyrrole nitrogens is 2. The van der Waals surface area contributed by atoms with E-state index in [0.29, 0.717) is 12.0 Å². The number of carbonyl (C=O) groups is 1. The Kier molecular flexibility index (Phi) is 4.09.